The van der Waals surface area contributed by atoms with Gasteiger partial charge in [0.1, 0.15) is 11.6 Å². The third-order valence-electron chi connectivity index (χ3n) is 3.79. The zero-order valence-electron chi connectivity index (χ0n) is 18.4. The molecule has 0 saturated heterocycles. The molecule has 5 N–H and O–H groups in total. The minimum Gasteiger partial charge on any atom is -0.497 e. The lowest BCUT2D eigenvalue weighted by Crippen LogP contribution is -2.26. The first-order valence-corrected chi connectivity index (χ1v) is 9.47. The van der Waals surface area contributed by atoms with E-state index in [0.717, 1.165) is 28.3 Å². The summed E-state index contributed by atoms with van der Waals surface area (Å²) in [5, 5.41) is 17.1. The van der Waals surface area contributed by atoms with Crippen LogP contribution in [0.2, 0.25) is 0 Å². The number of imidazole rings is 2. The van der Waals surface area contributed by atoms with Crippen LogP contribution in [-0.2, 0) is 16.0 Å². The number of aromatic amines is 2. The molecule has 198 valence electrons. The number of benzene rings is 1. The molecule has 0 saturated carbocycles. The first-order chi connectivity index (χ1) is 16.5. The molecule has 0 radical (unpaired) electrons. The Labute approximate surface area is 197 Å². The van der Waals surface area contributed by atoms with Gasteiger partial charge in [0.2, 0.25) is 0 Å². The summed E-state index contributed by atoms with van der Waals surface area (Å²) in [4.78, 5) is 44.2. The van der Waals surface area contributed by atoms with Crippen LogP contribution >= 0.6 is 0 Å². The Morgan fingerprint density at radius 1 is 1.03 bits per heavy atom. The van der Waals surface area contributed by atoms with Crippen LogP contribution < -0.4 is 10.1 Å². The first kappa shape index (κ1) is 29.7. The molecule has 0 aliphatic rings. The maximum absolute atomic E-state index is 11.9. The highest BCUT2D eigenvalue weighted by atomic mass is 19.4. The van der Waals surface area contributed by atoms with Gasteiger partial charge in [-0.25, -0.2) is 19.6 Å². The normalized spacial score (nSPS) is 11.0. The zero-order valence-corrected chi connectivity index (χ0v) is 18.4. The largest absolute Gasteiger partial charge is 0.497 e. The highest BCUT2D eigenvalue weighted by molar-refractivity contribution is 5.90. The van der Waals surface area contributed by atoms with Crippen molar-refractivity contribution in [1.29, 1.82) is 0 Å². The van der Waals surface area contributed by atoms with E-state index < -0.39 is 24.3 Å². The van der Waals surface area contributed by atoms with E-state index in [1.54, 1.807) is 13.3 Å². The number of hydrogen-bond donors (Lipinski definition) is 5. The van der Waals surface area contributed by atoms with E-state index in [9.17, 15) is 31.1 Å². The molecule has 1 aromatic carbocycles. The molecule has 0 bridgehead atoms. The van der Waals surface area contributed by atoms with Crippen LogP contribution in [0.25, 0.3) is 11.0 Å². The standard InChI is InChI=1S/C15H17N5O2.2C2HF3O2/c1-9-8-17-14(18-9)15(21)16-6-5-13-19-11-4-3-10(22-2)7-12(11)20-13;2*3-2(4,5)1(6)7/h3-4,7-8H,5-6H2,1-2H3,(H,16,21)(H,17,18)(H,19,20);2*(H,6,7). The number of aromatic nitrogens is 4. The lowest BCUT2D eigenvalue weighted by atomic mass is 10.3. The number of methoxy groups -OCH3 is 1. The number of rotatable bonds is 5. The molecule has 0 aliphatic carbocycles. The Bertz CT molecular complexity index is 1160. The van der Waals surface area contributed by atoms with Crippen LogP contribution in [-0.4, -0.2) is 74.0 Å². The topological polar surface area (TPSA) is 170 Å². The van der Waals surface area contributed by atoms with E-state index in [-0.39, 0.29) is 5.91 Å². The van der Waals surface area contributed by atoms with E-state index in [0.29, 0.717) is 18.8 Å². The van der Waals surface area contributed by atoms with Crippen molar-refractivity contribution in [1.82, 2.24) is 25.3 Å². The lowest BCUT2D eigenvalue weighted by molar-refractivity contribution is -0.193. The summed E-state index contributed by atoms with van der Waals surface area (Å²) in [6.45, 7) is 2.34. The molecule has 3 aromatic rings. The Morgan fingerprint density at radius 3 is 2.03 bits per heavy atom. The quantitative estimate of drug-likeness (QED) is 0.316. The van der Waals surface area contributed by atoms with Gasteiger partial charge >= 0.3 is 24.3 Å². The number of carboxylic acid groups (broad SMARTS) is 2. The monoisotopic (exact) mass is 527 g/mol. The Balaban J connectivity index is 0.000000383. The third kappa shape index (κ3) is 9.90. The molecule has 11 nitrogen and oxygen atoms in total. The summed E-state index contributed by atoms with van der Waals surface area (Å²) >= 11 is 0. The third-order valence-corrected chi connectivity index (χ3v) is 3.79. The molecule has 36 heavy (non-hydrogen) atoms. The number of H-pyrrole nitrogens is 2. The Morgan fingerprint density at radius 2 is 1.58 bits per heavy atom. The number of ether oxygens (including phenoxy) is 1. The molecule has 0 aliphatic heterocycles. The van der Waals surface area contributed by atoms with Gasteiger partial charge in [-0.15, -0.1) is 0 Å². The predicted molar refractivity (Wildman–Crippen MR) is 109 cm³/mol. The van der Waals surface area contributed by atoms with Crippen LogP contribution in [0.15, 0.2) is 24.4 Å². The maximum atomic E-state index is 11.9. The second-order valence-electron chi connectivity index (χ2n) is 6.59. The first-order valence-electron chi connectivity index (χ1n) is 9.47. The number of alkyl halides is 6. The van der Waals surface area contributed by atoms with Gasteiger partial charge in [0, 0.05) is 30.9 Å². The Kier molecular flexibility index (Phi) is 10.2. The van der Waals surface area contributed by atoms with E-state index in [4.69, 9.17) is 24.5 Å². The van der Waals surface area contributed by atoms with E-state index in [1.165, 1.54) is 0 Å². The van der Waals surface area contributed by atoms with Crippen molar-refractivity contribution in [3.8, 4) is 5.75 Å². The van der Waals surface area contributed by atoms with Crippen molar-refractivity contribution in [2.24, 2.45) is 0 Å². The number of carboxylic acids is 2. The molecule has 2 heterocycles. The number of carbonyl (C=O) groups excluding carboxylic acids is 1. The van der Waals surface area contributed by atoms with Gasteiger partial charge in [-0.3, -0.25) is 4.79 Å². The van der Waals surface area contributed by atoms with Gasteiger partial charge in [0.25, 0.3) is 5.91 Å². The lowest BCUT2D eigenvalue weighted by Gasteiger charge is -2.01. The summed E-state index contributed by atoms with van der Waals surface area (Å²) in [6, 6.07) is 5.67. The number of halogens is 6. The summed E-state index contributed by atoms with van der Waals surface area (Å²) in [5.74, 6) is -3.80. The summed E-state index contributed by atoms with van der Waals surface area (Å²) in [5.41, 5.74) is 2.66. The molecule has 0 unspecified atom stereocenters. The minimum atomic E-state index is -5.08. The van der Waals surface area contributed by atoms with E-state index in [1.807, 2.05) is 25.1 Å². The number of nitrogens with zero attached hydrogens (tertiary/aromatic N) is 2. The van der Waals surface area contributed by atoms with Crippen molar-refractivity contribution in [3.63, 3.8) is 0 Å². The Hall–Kier alpha value is -4.31. The molecule has 0 atom stereocenters. The fraction of sp³-hybridized carbons (Fsp3) is 0.316. The van der Waals surface area contributed by atoms with Gasteiger partial charge in [0.15, 0.2) is 5.82 Å². The van der Waals surface area contributed by atoms with Crippen molar-refractivity contribution in [2.75, 3.05) is 13.7 Å². The van der Waals surface area contributed by atoms with Crippen molar-refractivity contribution in [3.05, 3.63) is 41.7 Å². The molecular formula is C19H19F6N5O6. The smallest absolute Gasteiger partial charge is 0.490 e. The fourth-order valence-corrected chi connectivity index (χ4v) is 2.19. The number of nitrogens with one attached hydrogen (secondary N) is 3. The zero-order chi connectivity index (χ0) is 27.7. The highest BCUT2D eigenvalue weighted by Crippen LogP contribution is 2.18. The summed E-state index contributed by atoms with van der Waals surface area (Å²) < 4.78 is 68.7. The number of aliphatic carboxylic acids is 2. The average Bonchev–Trinajstić information content (AvgIpc) is 3.38. The molecule has 17 heteroatoms. The van der Waals surface area contributed by atoms with E-state index in [2.05, 4.69) is 25.3 Å². The van der Waals surface area contributed by atoms with Crippen LogP contribution in [0.1, 0.15) is 22.1 Å². The molecule has 0 fully saturated rings. The number of hydrogen-bond acceptors (Lipinski definition) is 6. The molecule has 2 aromatic heterocycles. The second-order valence-corrected chi connectivity index (χ2v) is 6.59. The molecule has 3 rings (SSSR count). The molecule has 1 amide bonds. The van der Waals surface area contributed by atoms with Gasteiger partial charge in [-0.1, -0.05) is 0 Å². The predicted octanol–water partition coefficient (Wildman–Crippen LogP) is 2.84. The van der Waals surface area contributed by atoms with Crippen molar-refractivity contribution in [2.45, 2.75) is 25.7 Å². The van der Waals surface area contributed by atoms with Crippen LogP contribution in [0.4, 0.5) is 26.3 Å². The van der Waals surface area contributed by atoms with Gasteiger partial charge < -0.3 is 30.2 Å². The second kappa shape index (κ2) is 12.4. The number of carbonyl (C=O) groups is 3. The molecule has 0 spiro atoms. The molecular weight excluding hydrogens is 508 g/mol. The van der Waals surface area contributed by atoms with Crippen LogP contribution in [0, 0.1) is 6.92 Å². The number of aryl methyl sites for hydroxylation is 1. The van der Waals surface area contributed by atoms with E-state index >= 15 is 0 Å². The van der Waals surface area contributed by atoms with Crippen molar-refractivity contribution < 1.29 is 55.7 Å². The van der Waals surface area contributed by atoms with Crippen molar-refractivity contribution >= 4 is 28.9 Å². The minimum absolute atomic E-state index is 0.217. The fourth-order valence-electron chi connectivity index (χ4n) is 2.19. The SMILES string of the molecule is COc1ccc2nc(CCNC(=O)c3ncc(C)[nH]3)[nH]c2c1.O=C(O)C(F)(F)F.O=C(O)C(F)(F)F. The average molecular weight is 527 g/mol. The van der Waals surface area contributed by atoms with Gasteiger partial charge in [-0.2, -0.15) is 26.3 Å². The summed E-state index contributed by atoms with van der Waals surface area (Å²) in [6.07, 6.45) is -7.93. The number of fused-ring (bicyclic) bond motifs is 1. The summed E-state index contributed by atoms with van der Waals surface area (Å²) in [7, 11) is 1.63. The van der Waals surface area contributed by atoms with Gasteiger partial charge in [-0.05, 0) is 19.1 Å². The van der Waals surface area contributed by atoms with Gasteiger partial charge in [0.05, 0.1) is 18.1 Å². The number of amides is 1. The van der Waals surface area contributed by atoms with Crippen LogP contribution in [0.5, 0.6) is 5.75 Å². The highest BCUT2D eigenvalue weighted by Gasteiger charge is 2.38. The maximum Gasteiger partial charge on any atom is 0.490 e. The van der Waals surface area contributed by atoms with Crippen LogP contribution in [0.3, 0.4) is 0 Å².